The molecule has 1 aliphatic carbocycles. The molecule has 3 fully saturated rings. The van der Waals surface area contributed by atoms with Crippen LogP contribution in [-0.2, 0) is 22.1 Å². The summed E-state index contributed by atoms with van der Waals surface area (Å²) in [4.78, 5) is 66.2. The van der Waals surface area contributed by atoms with Crippen molar-refractivity contribution in [2.75, 3.05) is 25.0 Å². The molecule has 55 heavy (non-hydrogen) atoms. The van der Waals surface area contributed by atoms with Gasteiger partial charge in [0.25, 0.3) is 5.91 Å². The Morgan fingerprint density at radius 3 is 2.58 bits per heavy atom. The Bertz CT molecular complexity index is 2350. The van der Waals surface area contributed by atoms with E-state index in [1.807, 2.05) is 49.8 Å². The molecule has 0 radical (unpaired) electrons. The Labute approximate surface area is 317 Å². The molecule has 1 unspecified atom stereocenters. The molecular formula is C40H47FN10O4. The summed E-state index contributed by atoms with van der Waals surface area (Å²) >= 11 is 0. The number of imide groups is 1. The van der Waals surface area contributed by atoms with E-state index in [-0.39, 0.29) is 53.4 Å². The van der Waals surface area contributed by atoms with Gasteiger partial charge in [0.2, 0.25) is 11.8 Å². The molecule has 6 heterocycles. The van der Waals surface area contributed by atoms with Gasteiger partial charge in [0.15, 0.2) is 0 Å². The summed E-state index contributed by atoms with van der Waals surface area (Å²) in [6.07, 6.45) is 10.7. The van der Waals surface area contributed by atoms with Crippen molar-refractivity contribution in [3.63, 3.8) is 0 Å². The van der Waals surface area contributed by atoms with E-state index in [1.165, 1.54) is 15.3 Å². The molecule has 0 spiro atoms. The van der Waals surface area contributed by atoms with Gasteiger partial charge in [-0.2, -0.15) is 5.10 Å². The summed E-state index contributed by atoms with van der Waals surface area (Å²) in [7, 11) is 1.67. The van der Waals surface area contributed by atoms with Crippen molar-refractivity contribution in [3.8, 4) is 0 Å². The van der Waals surface area contributed by atoms with Gasteiger partial charge in [-0.1, -0.05) is 32.9 Å². The topological polar surface area (TPSA) is 162 Å². The number of piperidine rings is 2. The number of likely N-dealkylation sites (tertiary alicyclic amines) is 1. The molecule has 1 saturated carbocycles. The number of halogens is 1. The number of hydrogen-bond donors (Lipinski definition) is 2. The minimum atomic E-state index is -1.11. The summed E-state index contributed by atoms with van der Waals surface area (Å²) in [6.45, 7) is 7.99. The Morgan fingerprint density at radius 2 is 1.84 bits per heavy atom. The third-order valence-corrected chi connectivity index (χ3v) is 11.7. The highest BCUT2D eigenvalue weighted by molar-refractivity contribution is 6.03. The predicted octanol–water partition coefficient (Wildman–Crippen LogP) is 4.96. The van der Waals surface area contributed by atoms with Gasteiger partial charge < -0.3 is 10.2 Å². The summed E-state index contributed by atoms with van der Waals surface area (Å²) in [6, 6.07) is 6.82. The summed E-state index contributed by atoms with van der Waals surface area (Å²) in [5.74, 6) is -0.683. The van der Waals surface area contributed by atoms with Crippen molar-refractivity contribution >= 4 is 45.5 Å². The van der Waals surface area contributed by atoms with Gasteiger partial charge in [-0.15, -0.1) is 0 Å². The lowest BCUT2D eigenvalue weighted by molar-refractivity contribution is -0.135. The van der Waals surface area contributed by atoms with Crippen molar-refractivity contribution in [2.24, 2.45) is 13.0 Å². The highest BCUT2D eigenvalue weighted by Crippen LogP contribution is 2.38. The highest BCUT2D eigenvalue weighted by atomic mass is 19.1. The molecule has 14 nitrogen and oxygen atoms in total. The zero-order chi connectivity index (χ0) is 38.6. The van der Waals surface area contributed by atoms with E-state index >= 15 is 4.39 Å². The Balaban J connectivity index is 0.872. The molecule has 0 bridgehead atoms. The second-order valence-corrected chi connectivity index (χ2v) is 16.5. The third kappa shape index (κ3) is 7.17. The summed E-state index contributed by atoms with van der Waals surface area (Å²) in [5.41, 5.74) is 3.17. The van der Waals surface area contributed by atoms with Gasteiger partial charge >= 0.3 is 5.69 Å². The molecule has 3 amide bonds. The first kappa shape index (κ1) is 36.7. The van der Waals surface area contributed by atoms with Crippen molar-refractivity contribution in [1.82, 2.24) is 44.1 Å². The summed E-state index contributed by atoms with van der Waals surface area (Å²) < 4.78 is 21.1. The number of alkyl halides is 1. The van der Waals surface area contributed by atoms with Crippen LogP contribution in [0.1, 0.15) is 105 Å². The fourth-order valence-corrected chi connectivity index (χ4v) is 8.66. The number of nitrogens with one attached hydrogen (secondary N) is 2. The van der Waals surface area contributed by atoms with Crippen molar-refractivity contribution in [2.45, 2.75) is 95.3 Å². The molecule has 2 aliphatic heterocycles. The average Bonchev–Trinajstić information content (AvgIpc) is 3.69. The van der Waals surface area contributed by atoms with E-state index in [1.54, 1.807) is 25.5 Å². The van der Waals surface area contributed by atoms with E-state index in [4.69, 9.17) is 5.10 Å². The molecule has 3 atom stereocenters. The number of aryl methyl sites for hydroxylation is 1. The van der Waals surface area contributed by atoms with Gasteiger partial charge in [-0.05, 0) is 68.7 Å². The number of fused-ring (bicyclic) bond motifs is 2. The Hall–Kier alpha value is -5.31. The Kier molecular flexibility index (Phi) is 9.60. The molecule has 4 aromatic heterocycles. The van der Waals surface area contributed by atoms with Crippen LogP contribution in [0.2, 0.25) is 0 Å². The standard InChI is InChI=1S/C40H47FN10O4/c1-40(2,3)33-19-42-17-30(44-33)37(53)45-34-16-24-21-50(47-29(24)18-43-34)25-10-8-23(9-11-25)20-49-15-14-26(28(41)22-49)27-6-5-7-31-36(27)48(4)39(55)51(31)32-12-13-35(52)46-38(32)54/h5-7,16-19,21,23,25-26,28,32H,8-15,20,22H2,1-4H3,(H,45,53)(H,46,52,54)/t23?,25?,26-,28+,32?/m0/s1. The lowest BCUT2D eigenvalue weighted by atomic mass is 9.83. The molecule has 5 aromatic rings. The van der Waals surface area contributed by atoms with E-state index < -0.39 is 18.1 Å². The third-order valence-electron chi connectivity index (χ3n) is 11.7. The normalized spacial score (nSPS) is 24.0. The number of hydrogen-bond acceptors (Lipinski definition) is 9. The molecule has 15 heteroatoms. The molecule has 288 valence electrons. The number of para-hydroxylation sites is 1. The highest BCUT2D eigenvalue weighted by Gasteiger charge is 2.36. The smallest absolute Gasteiger partial charge is 0.305 e. The first-order valence-electron chi connectivity index (χ1n) is 19.2. The summed E-state index contributed by atoms with van der Waals surface area (Å²) in [5, 5.41) is 10.9. The molecule has 1 aromatic carbocycles. The number of carbonyl (C=O) groups excluding carboxylic acids is 3. The van der Waals surface area contributed by atoms with Gasteiger partial charge in [-0.25, -0.2) is 19.2 Å². The molecular weight excluding hydrogens is 704 g/mol. The maximum absolute atomic E-state index is 16.1. The first-order chi connectivity index (χ1) is 26.3. The number of benzene rings is 1. The van der Waals surface area contributed by atoms with Crippen LogP contribution in [0, 0.1) is 5.92 Å². The van der Waals surface area contributed by atoms with Crippen LogP contribution in [0.3, 0.4) is 0 Å². The van der Waals surface area contributed by atoms with E-state index in [0.717, 1.165) is 60.9 Å². The van der Waals surface area contributed by atoms with E-state index in [0.29, 0.717) is 35.7 Å². The quantitative estimate of drug-likeness (QED) is 0.219. The van der Waals surface area contributed by atoms with Crippen molar-refractivity contribution in [3.05, 3.63) is 76.5 Å². The van der Waals surface area contributed by atoms with Gasteiger partial charge in [0.05, 0.1) is 35.2 Å². The number of amides is 3. The zero-order valence-electron chi connectivity index (χ0n) is 31.7. The second kappa shape index (κ2) is 14.4. The second-order valence-electron chi connectivity index (χ2n) is 16.5. The number of aromatic nitrogens is 7. The van der Waals surface area contributed by atoms with Crippen LogP contribution in [0.15, 0.2) is 53.8 Å². The average molecular weight is 751 g/mol. The molecule has 2 N–H and O–H groups in total. The number of rotatable bonds is 7. The van der Waals surface area contributed by atoms with Gasteiger partial charge in [-0.3, -0.25) is 38.5 Å². The lowest BCUT2D eigenvalue weighted by Gasteiger charge is -2.38. The van der Waals surface area contributed by atoms with Crippen LogP contribution >= 0.6 is 0 Å². The van der Waals surface area contributed by atoms with E-state index in [2.05, 4.69) is 30.5 Å². The fourth-order valence-electron chi connectivity index (χ4n) is 8.66. The van der Waals surface area contributed by atoms with Gasteiger partial charge in [0.1, 0.15) is 29.2 Å². The predicted molar refractivity (Wildman–Crippen MR) is 205 cm³/mol. The number of imidazole rings is 1. The van der Waals surface area contributed by atoms with Crippen LogP contribution in [0.4, 0.5) is 10.2 Å². The zero-order valence-corrected chi connectivity index (χ0v) is 31.7. The molecule has 3 aliphatic rings. The number of anilines is 1. The van der Waals surface area contributed by atoms with Crippen LogP contribution in [-0.4, -0.2) is 82.3 Å². The number of nitrogens with zero attached hydrogens (tertiary/aromatic N) is 8. The van der Waals surface area contributed by atoms with Crippen molar-refractivity contribution in [1.29, 1.82) is 0 Å². The van der Waals surface area contributed by atoms with Gasteiger partial charge in [0, 0.05) is 55.7 Å². The maximum Gasteiger partial charge on any atom is 0.329 e. The maximum atomic E-state index is 16.1. The minimum Gasteiger partial charge on any atom is -0.305 e. The van der Waals surface area contributed by atoms with Crippen LogP contribution < -0.4 is 16.3 Å². The fraction of sp³-hybridized carbons (Fsp3) is 0.500. The molecule has 2 saturated heterocycles. The Morgan fingerprint density at radius 1 is 1.04 bits per heavy atom. The lowest BCUT2D eigenvalue weighted by Crippen LogP contribution is -2.44. The monoisotopic (exact) mass is 750 g/mol. The van der Waals surface area contributed by atoms with Crippen LogP contribution in [0.5, 0.6) is 0 Å². The van der Waals surface area contributed by atoms with Crippen molar-refractivity contribution < 1.29 is 18.8 Å². The largest absolute Gasteiger partial charge is 0.329 e. The molecule has 8 rings (SSSR count). The van der Waals surface area contributed by atoms with Crippen LogP contribution in [0.25, 0.3) is 21.9 Å². The number of carbonyl (C=O) groups is 3. The minimum absolute atomic E-state index is 0.165. The number of pyridine rings is 1. The first-order valence-corrected chi connectivity index (χ1v) is 19.2. The SMILES string of the molecule is Cn1c(=O)n(C2CCC(=O)NC2=O)c2cccc([C@@H]3CCN(CC4CCC(n5cc6cc(NC(=O)c7cncc(C(C)(C)C)n7)ncc6n5)CC4)C[C@H]3F)c21. The van der Waals surface area contributed by atoms with E-state index in [9.17, 15) is 19.2 Å².